The second kappa shape index (κ2) is 8.27. The Kier molecular flexibility index (Phi) is 6.63. The van der Waals surface area contributed by atoms with Gasteiger partial charge < -0.3 is 10.0 Å². The van der Waals surface area contributed by atoms with Gasteiger partial charge in [0.05, 0.1) is 5.56 Å². The normalized spacial score (nSPS) is 18.1. The van der Waals surface area contributed by atoms with Crippen LogP contribution in [0.25, 0.3) is 0 Å². The predicted molar refractivity (Wildman–Crippen MR) is 100 cm³/mol. The third-order valence-electron chi connectivity index (χ3n) is 5.47. The highest BCUT2D eigenvalue weighted by Gasteiger charge is 2.42. The summed E-state index contributed by atoms with van der Waals surface area (Å²) in [6.07, 6.45) is -3.15. The van der Waals surface area contributed by atoms with Crippen molar-refractivity contribution in [2.24, 2.45) is 11.8 Å². The summed E-state index contributed by atoms with van der Waals surface area (Å²) in [6, 6.07) is 0.557. The predicted octanol–water partition coefficient (Wildman–Crippen LogP) is 3.60. The first kappa shape index (κ1) is 22.5. The summed E-state index contributed by atoms with van der Waals surface area (Å²) < 4.78 is 41.5. The molecule has 0 bridgehead atoms. The van der Waals surface area contributed by atoms with E-state index >= 15 is 0 Å². The molecule has 0 aliphatic carbocycles. The van der Waals surface area contributed by atoms with Crippen molar-refractivity contribution >= 4 is 5.97 Å². The smallest absolute Gasteiger partial charge is 0.416 e. The molecule has 2 rings (SSSR count). The van der Waals surface area contributed by atoms with Gasteiger partial charge in [-0.25, -0.2) is 4.79 Å². The molecule has 1 N–H and O–H groups in total. The van der Waals surface area contributed by atoms with E-state index in [-0.39, 0.29) is 30.7 Å². The highest BCUT2D eigenvalue weighted by molar-refractivity contribution is 5.76. The van der Waals surface area contributed by atoms with Crippen molar-refractivity contribution in [1.29, 1.82) is 0 Å². The molecular weight excluding hydrogens is 373 g/mol. The van der Waals surface area contributed by atoms with Crippen LogP contribution in [0.4, 0.5) is 13.2 Å². The fourth-order valence-corrected chi connectivity index (χ4v) is 4.09. The topological polar surface area (TPSA) is 62.5 Å². The lowest BCUT2D eigenvalue weighted by atomic mass is 9.85. The molecule has 1 unspecified atom stereocenters. The summed E-state index contributed by atoms with van der Waals surface area (Å²) >= 11 is 0. The molecule has 1 fully saturated rings. The number of nitrogens with zero attached hydrogens (tertiary/aromatic N) is 2. The van der Waals surface area contributed by atoms with Crippen LogP contribution in [0.2, 0.25) is 0 Å². The molecule has 0 radical (unpaired) electrons. The van der Waals surface area contributed by atoms with Crippen LogP contribution in [0.15, 0.2) is 17.1 Å². The van der Waals surface area contributed by atoms with E-state index in [1.165, 1.54) is 0 Å². The first-order chi connectivity index (χ1) is 12.9. The third kappa shape index (κ3) is 4.59. The van der Waals surface area contributed by atoms with Crippen molar-refractivity contribution in [3.8, 4) is 0 Å². The molecule has 158 valence electrons. The van der Waals surface area contributed by atoms with E-state index in [0.717, 1.165) is 23.9 Å². The van der Waals surface area contributed by atoms with Crippen molar-refractivity contribution < 1.29 is 23.1 Å². The van der Waals surface area contributed by atoms with Crippen LogP contribution < -0.4 is 5.56 Å². The zero-order valence-corrected chi connectivity index (χ0v) is 16.8. The van der Waals surface area contributed by atoms with E-state index < -0.39 is 28.8 Å². The number of carboxylic acid groups (broad SMARTS) is 1. The Morgan fingerprint density at radius 2 is 1.93 bits per heavy atom. The van der Waals surface area contributed by atoms with E-state index in [4.69, 9.17) is 0 Å². The van der Waals surface area contributed by atoms with Crippen molar-refractivity contribution in [3.63, 3.8) is 0 Å². The molecule has 1 saturated heterocycles. The highest BCUT2D eigenvalue weighted by atomic mass is 19.4. The molecule has 28 heavy (non-hydrogen) atoms. The zero-order valence-electron chi connectivity index (χ0n) is 16.8. The molecule has 8 heteroatoms. The van der Waals surface area contributed by atoms with Crippen LogP contribution in [0.1, 0.15) is 51.7 Å². The van der Waals surface area contributed by atoms with Gasteiger partial charge in [0.2, 0.25) is 0 Å². The van der Waals surface area contributed by atoms with Crippen LogP contribution in [0.3, 0.4) is 0 Å². The van der Waals surface area contributed by atoms with Crippen molar-refractivity contribution in [3.05, 3.63) is 33.7 Å². The largest absolute Gasteiger partial charge is 0.479 e. The van der Waals surface area contributed by atoms with Gasteiger partial charge in [0.15, 0.2) is 0 Å². The summed E-state index contributed by atoms with van der Waals surface area (Å²) in [6.45, 7) is 9.49. The van der Waals surface area contributed by atoms with E-state index in [2.05, 4.69) is 11.8 Å². The average Bonchev–Trinajstić information content (AvgIpc) is 2.55. The second-order valence-electron chi connectivity index (χ2n) is 8.32. The molecule has 0 saturated carbocycles. The molecule has 1 atom stereocenters. The first-order valence-electron chi connectivity index (χ1n) is 9.69. The standard InChI is InChI=1S/C20H29F3N2O3/c1-5-19(18(27)28,9-13(2)3)25-12-15(6-7-24-10-14(4)11-24)16(8-17(25)26)20(21,22)23/h8,12-14H,5-7,9-11H2,1-4H3,(H,27,28). The number of aliphatic carboxylic acids is 1. The Hall–Kier alpha value is -1.83. The lowest BCUT2D eigenvalue weighted by Crippen LogP contribution is -2.48. The molecule has 0 aromatic carbocycles. The van der Waals surface area contributed by atoms with Crippen LogP contribution >= 0.6 is 0 Å². The van der Waals surface area contributed by atoms with Crippen molar-refractivity contribution in [2.75, 3.05) is 19.6 Å². The number of rotatable bonds is 8. The molecule has 1 aliphatic rings. The van der Waals surface area contributed by atoms with E-state index in [0.29, 0.717) is 18.5 Å². The lowest BCUT2D eigenvalue weighted by molar-refractivity contribution is -0.149. The number of alkyl halides is 3. The average molecular weight is 402 g/mol. The third-order valence-corrected chi connectivity index (χ3v) is 5.47. The second-order valence-corrected chi connectivity index (χ2v) is 8.32. The van der Waals surface area contributed by atoms with Gasteiger partial charge in [-0.15, -0.1) is 0 Å². The minimum absolute atomic E-state index is 0.0329. The van der Waals surface area contributed by atoms with Gasteiger partial charge in [-0.1, -0.05) is 27.7 Å². The van der Waals surface area contributed by atoms with Gasteiger partial charge in [-0.3, -0.25) is 9.36 Å². The summed E-state index contributed by atoms with van der Waals surface area (Å²) in [4.78, 5) is 26.7. The summed E-state index contributed by atoms with van der Waals surface area (Å²) in [5, 5.41) is 9.87. The SMILES string of the molecule is CCC(CC(C)C)(C(=O)O)n1cc(CCN2CC(C)C2)c(C(F)(F)F)cc1=O. The fraction of sp³-hybridized carbons (Fsp3) is 0.700. The van der Waals surface area contributed by atoms with Crippen LogP contribution in [0, 0.1) is 11.8 Å². The number of hydrogen-bond donors (Lipinski definition) is 1. The van der Waals surface area contributed by atoms with Gasteiger partial charge in [0.1, 0.15) is 5.54 Å². The molecule has 2 heterocycles. The van der Waals surface area contributed by atoms with Crippen LogP contribution in [0.5, 0.6) is 0 Å². The Labute approximate surface area is 163 Å². The molecule has 1 aromatic heterocycles. The molecule has 1 aliphatic heterocycles. The Morgan fingerprint density at radius 1 is 1.32 bits per heavy atom. The summed E-state index contributed by atoms with van der Waals surface area (Å²) in [7, 11) is 0. The van der Waals surface area contributed by atoms with Crippen LogP contribution in [-0.4, -0.2) is 40.2 Å². The van der Waals surface area contributed by atoms with E-state index in [9.17, 15) is 27.9 Å². The van der Waals surface area contributed by atoms with E-state index in [1.54, 1.807) is 6.92 Å². The number of likely N-dealkylation sites (tertiary alicyclic amines) is 1. The monoisotopic (exact) mass is 402 g/mol. The maximum absolute atomic E-state index is 13.5. The van der Waals surface area contributed by atoms with Gasteiger partial charge in [0.25, 0.3) is 5.56 Å². The first-order valence-corrected chi connectivity index (χ1v) is 9.69. The van der Waals surface area contributed by atoms with Gasteiger partial charge in [-0.05, 0) is 36.7 Å². The summed E-state index contributed by atoms with van der Waals surface area (Å²) in [5.74, 6) is -0.717. The van der Waals surface area contributed by atoms with Crippen LogP contribution in [-0.2, 0) is 22.9 Å². The zero-order chi connectivity index (χ0) is 21.3. The summed E-state index contributed by atoms with van der Waals surface area (Å²) in [5.41, 5.74) is -3.50. The molecule has 1 aromatic rings. The maximum Gasteiger partial charge on any atom is 0.416 e. The number of carboxylic acids is 1. The Morgan fingerprint density at radius 3 is 2.36 bits per heavy atom. The highest BCUT2D eigenvalue weighted by Crippen LogP contribution is 2.34. The number of aromatic nitrogens is 1. The number of carbonyl (C=O) groups is 1. The van der Waals surface area contributed by atoms with Crippen molar-refractivity contribution in [1.82, 2.24) is 9.47 Å². The maximum atomic E-state index is 13.5. The quantitative estimate of drug-likeness (QED) is 0.722. The molecule has 0 amide bonds. The minimum Gasteiger partial charge on any atom is -0.479 e. The Balaban J connectivity index is 2.53. The van der Waals surface area contributed by atoms with Gasteiger partial charge in [-0.2, -0.15) is 13.2 Å². The fourth-order valence-electron chi connectivity index (χ4n) is 4.09. The number of halogens is 3. The van der Waals surface area contributed by atoms with E-state index in [1.807, 2.05) is 13.8 Å². The van der Waals surface area contributed by atoms with Gasteiger partial charge in [0, 0.05) is 31.9 Å². The molecule has 5 nitrogen and oxygen atoms in total. The van der Waals surface area contributed by atoms with Gasteiger partial charge >= 0.3 is 12.1 Å². The molecular formula is C20H29F3N2O3. The minimum atomic E-state index is -4.66. The number of hydrogen-bond acceptors (Lipinski definition) is 3. The van der Waals surface area contributed by atoms with Crippen molar-refractivity contribution in [2.45, 2.75) is 58.7 Å². The number of pyridine rings is 1. The Bertz CT molecular complexity index is 767. The molecule has 0 spiro atoms. The lowest BCUT2D eigenvalue weighted by Gasteiger charge is -2.37.